The van der Waals surface area contributed by atoms with Crippen molar-refractivity contribution in [1.29, 1.82) is 0 Å². The Balaban J connectivity index is 3.17. The maximum absolute atomic E-state index is 4.93. The van der Waals surface area contributed by atoms with Crippen molar-refractivity contribution in [2.75, 3.05) is 0 Å². The van der Waals surface area contributed by atoms with Crippen molar-refractivity contribution >= 4 is 10.7 Å². The van der Waals surface area contributed by atoms with Gasteiger partial charge in [-0.15, -0.1) is 0 Å². The molecular formula is C4H4NW-. The van der Waals surface area contributed by atoms with Crippen molar-refractivity contribution in [2.24, 2.45) is 4.99 Å². The maximum atomic E-state index is 4.93. The van der Waals surface area contributed by atoms with Crippen LogP contribution in [-0.4, -0.2) is 10.7 Å². The topological polar surface area (TPSA) is 12.4 Å². The Bertz CT molecular complexity index is 65.6. The van der Waals surface area contributed by atoms with Gasteiger partial charge in [0.25, 0.3) is 0 Å². The second-order valence-corrected chi connectivity index (χ2v) is 1.35. The van der Waals surface area contributed by atoms with E-state index >= 15 is 0 Å². The van der Waals surface area contributed by atoms with Gasteiger partial charge in [-0.25, -0.2) is 0 Å². The molecule has 6 heavy (non-hydrogen) atoms. The first kappa shape index (κ1) is 5.97. The summed E-state index contributed by atoms with van der Waals surface area (Å²) in [7, 11) is 0. The molecule has 0 aliphatic rings. The first-order chi connectivity index (χ1) is 2.91. The van der Waals surface area contributed by atoms with Crippen LogP contribution in [0, 0.1) is 6.58 Å². The summed E-state index contributed by atoms with van der Waals surface area (Å²) in [6, 6.07) is 0. The van der Waals surface area contributed by atoms with Crippen LogP contribution in [0.15, 0.2) is 11.1 Å². The fourth-order valence-electron chi connectivity index (χ4n) is 0.0848. The normalized spacial score (nSPS) is 8.67. The molecule has 0 bridgehead atoms. The van der Waals surface area contributed by atoms with Gasteiger partial charge in [-0.3, -0.25) is 0 Å². The van der Waals surface area contributed by atoms with Crippen LogP contribution in [0.2, 0.25) is 0 Å². The molecule has 0 saturated carbocycles. The van der Waals surface area contributed by atoms with E-state index in [1.807, 2.05) is 0 Å². The molecule has 0 heterocycles. The quantitative estimate of drug-likeness (QED) is 0.495. The van der Waals surface area contributed by atoms with E-state index in [4.69, 9.17) is 6.58 Å². The molecule has 0 fully saturated rings. The summed E-state index contributed by atoms with van der Waals surface area (Å²) in [5, 5.41) is 0. The van der Waals surface area contributed by atoms with E-state index < -0.39 is 0 Å². The van der Waals surface area contributed by atoms with Gasteiger partial charge < -0.3 is 0 Å². The molecule has 0 rings (SSSR count). The van der Waals surface area contributed by atoms with Crippen molar-refractivity contribution in [1.82, 2.24) is 0 Å². The van der Waals surface area contributed by atoms with E-state index in [-0.39, 0.29) is 0 Å². The molecule has 0 saturated heterocycles. The third-order valence-electron chi connectivity index (χ3n) is 0.233. The SMILES string of the molecule is [CH-]=CC=N[CH]=[W]. The molecule has 0 atom stereocenters. The predicted octanol–water partition coefficient (Wildman–Crippen LogP) is 0.353. The van der Waals surface area contributed by atoms with Crippen LogP contribution in [-0.2, 0) is 19.4 Å². The molecule has 0 aliphatic carbocycles. The monoisotopic (exact) mass is 250 g/mol. The summed E-state index contributed by atoms with van der Waals surface area (Å²) < 4.78 is 1.75. The molecule has 0 N–H and O–H groups in total. The van der Waals surface area contributed by atoms with Crippen LogP contribution in [0.4, 0.5) is 0 Å². The minimum atomic E-state index is 1.34. The third kappa shape index (κ3) is 3.97. The van der Waals surface area contributed by atoms with Crippen LogP contribution in [0.5, 0.6) is 0 Å². The number of rotatable bonds is 2. The first-order valence-electron chi connectivity index (χ1n) is 1.42. The van der Waals surface area contributed by atoms with Crippen LogP contribution in [0.3, 0.4) is 0 Å². The number of aliphatic imine (C=N–C) groups is 1. The zero-order chi connectivity index (χ0) is 4.83. The molecular weight excluding hydrogens is 246 g/mol. The minimum absolute atomic E-state index is 1.34. The summed E-state index contributed by atoms with van der Waals surface area (Å²) in [5.74, 6) is 0. The Morgan fingerprint density at radius 3 is 2.50 bits per heavy atom. The summed E-state index contributed by atoms with van der Waals surface area (Å²) in [6.45, 7) is 4.93. The number of hydrogen-bond donors (Lipinski definition) is 0. The molecule has 0 amide bonds. The van der Waals surface area contributed by atoms with E-state index in [1.54, 1.807) is 10.7 Å². The molecule has 0 aromatic heterocycles. The Hall–Kier alpha value is -0.0317. The Morgan fingerprint density at radius 2 is 2.33 bits per heavy atom. The summed E-state index contributed by atoms with van der Waals surface area (Å²) >= 11 is 1.34. The van der Waals surface area contributed by atoms with Crippen molar-refractivity contribution in [3.05, 3.63) is 12.7 Å². The van der Waals surface area contributed by atoms with Crippen LogP contribution in [0.25, 0.3) is 0 Å². The number of allylic oxidation sites excluding steroid dienone is 1. The van der Waals surface area contributed by atoms with Crippen LogP contribution < -0.4 is 0 Å². The van der Waals surface area contributed by atoms with E-state index in [0.29, 0.717) is 0 Å². The fourth-order valence-corrected chi connectivity index (χ4v) is 0.337. The molecule has 0 spiro atoms. The molecule has 0 unspecified atom stereocenters. The van der Waals surface area contributed by atoms with Gasteiger partial charge >= 0.3 is 47.7 Å². The molecule has 0 aliphatic heterocycles. The standard InChI is InChI=1S/C4H4N.W/c1-3-4-5-2;/h1-4H;/q-1;. The predicted molar refractivity (Wildman–Crippen MR) is 23.4 cm³/mol. The van der Waals surface area contributed by atoms with Crippen molar-refractivity contribution in [3.8, 4) is 0 Å². The van der Waals surface area contributed by atoms with Crippen molar-refractivity contribution in [2.45, 2.75) is 0 Å². The average molecular weight is 250 g/mol. The first-order valence-corrected chi connectivity index (χ1v) is 3.11. The van der Waals surface area contributed by atoms with Gasteiger partial charge in [0.2, 0.25) is 0 Å². The van der Waals surface area contributed by atoms with Gasteiger partial charge in [0.05, 0.1) is 0 Å². The van der Waals surface area contributed by atoms with E-state index in [9.17, 15) is 0 Å². The Kier molecular flexibility index (Phi) is 4.94. The van der Waals surface area contributed by atoms with Crippen LogP contribution in [0.1, 0.15) is 0 Å². The van der Waals surface area contributed by atoms with Gasteiger partial charge in [-0.1, -0.05) is 0 Å². The summed E-state index contributed by atoms with van der Waals surface area (Å²) in [4.78, 5) is 3.70. The second kappa shape index (κ2) is 4.97. The van der Waals surface area contributed by atoms with E-state index in [2.05, 4.69) is 4.99 Å². The van der Waals surface area contributed by atoms with Gasteiger partial charge in [0.15, 0.2) is 0 Å². The van der Waals surface area contributed by atoms with Crippen molar-refractivity contribution < 1.29 is 19.4 Å². The zero-order valence-corrected chi connectivity index (χ0v) is 6.10. The zero-order valence-electron chi connectivity index (χ0n) is 3.16. The third-order valence-corrected chi connectivity index (χ3v) is 0.670. The van der Waals surface area contributed by atoms with Gasteiger partial charge in [-0.05, 0) is 0 Å². The molecule has 0 aromatic rings. The molecule has 32 valence electrons. The van der Waals surface area contributed by atoms with Crippen molar-refractivity contribution in [3.63, 3.8) is 0 Å². The number of nitrogens with zero attached hydrogens (tertiary/aromatic N) is 1. The van der Waals surface area contributed by atoms with E-state index in [1.165, 1.54) is 25.4 Å². The summed E-state index contributed by atoms with van der Waals surface area (Å²) in [5.41, 5.74) is 0. The fraction of sp³-hybridized carbons (Fsp3) is 0. The molecule has 1 nitrogen and oxygen atoms in total. The molecule has 0 aromatic carbocycles. The number of hydrogen-bond acceptors (Lipinski definition) is 1. The Labute approximate surface area is 48.2 Å². The molecule has 0 radical (unpaired) electrons. The van der Waals surface area contributed by atoms with E-state index in [0.717, 1.165) is 0 Å². The van der Waals surface area contributed by atoms with Crippen LogP contribution >= 0.6 is 0 Å². The molecule has 2 heteroatoms. The van der Waals surface area contributed by atoms with Gasteiger partial charge in [0.1, 0.15) is 0 Å². The van der Waals surface area contributed by atoms with Gasteiger partial charge in [-0.2, -0.15) is 0 Å². The summed E-state index contributed by atoms with van der Waals surface area (Å²) in [6.07, 6.45) is 2.95. The van der Waals surface area contributed by atoms with Gasteiger partial charge in [0, 0.05) is 0 Å². The average Bonchev–Trinajstić information content (AvgIpc) is 1.61. The second-order valence-electron chi connectivity index (χ2n) is 0.596. The Morgan fingerprint density at radius 1 is 1.67 bits per heavy atom.